The van der Waals surface area contributed by atoms with Crippen LogP contribution in [0, 0.1) is 11.7 Å². The van der Waals surface area contributed by atoms with Crippen molar-refractivity contribution in [1.29, 1.82) is 0 Å². The fourth-order valence-electron chi connectivity index (χ4n) is 3.20. The molecule has 1 aliphatic heterocycles. The summed E-state index contributed by atoms with van der Waals surface area (Å²) in [6.07, 6.45) is 2.15. The van der Waals surface area contributed by atoms with Gasteiger partial charge in [-0.25, -0.2) is 4.39 Å². The molecule has 2 aliphatic rings. The number of hydrogen-bond donors (Lipinski definition) is 0. The predicted molar refractivity (Wildman–Crippen MR) is 94.3 cm³/mol. The summed E-state index contributed by atoms with van der Waals surface area (Å²) >= 11 is 1.65. The van der Waals surface area contributed by atoms with Crippen LogP contribution < -0.4 is 0 Å². The Morgan fingerprint density at radius 3 is 2.54 bits per heavy atom. The quantitative estimate of drug-likeness (QED) is 0.846. The lowest BCUT2D eigenvalue weighted by molar-refractivity contribution is -0.134. The van der Waals surface area contributed by atoms with Gasteiger partial charge in [0, 0.05) is 54.0 Å². The van der Waals surface area contributed by atoms with Crippen molar-refractivity contribution in [3.63, 3.8) is 0 Å². The first kappa shape index (κ1) is 15.8. The number of nitrogens with zero attached hydrogens (tertiary/aromatic N) is 2. The molecule has 1 aliphatic carbocycles. The summed E-state index contributed by atoms with van der Waals surface area (Å²) in [7, 11) is 0. The zero-order valence-electron chi connectivity index (χ0n) is 13.6. The van der Waals surface area contributed by atoms with Gasteiger partial charge in [0.2, 0.25) is 5.91 Å². The maximum absolute atomic E-state index is 13.9. The summed E-state index contributed by atoms with van der Waals surface area (Å²) in [6, 6.07) is 11.0. The molecule has 1 aromatic heterocycles. The maximum Gasteiger partial charge on any atom is 0.225 e. The summed E-state index contributed by atoms with van der Waals surface area (Å²) in [6.45, 7) is 4.39. The summed E-state index contributed by atoms with van der Waals surface area (Å²) in [5.41, 5.74) is 0.675. The van der Waals surface area contributed by atoms with Crippen LogP contribution in [0.5, 0.6) is 0 Å². The van der Waals surface area contributed by atoms with Crippen LogP contribution >= 0.6 is 11.3 Å². The highest BCUT2D eigenvalue weighted by atomic mass is 32.1. The van der Waals surface area contributed by atoms with E-state index in [1.165, 1.54) is 10.9 Å². The Hall–Kier alpha value is -1.72. The van der Waals surface area contributed by atoms with E-state index in [1.54, 1.807) is 17.4 Å². The van der Waals surface area contributed by atoms with Crippen molar-refractivity contribution >= 4 is 17.2 Å². The van der Waals surface area contributed by atoms with E-state index in [9.17, 15) is 9.18 Å². The summed E-state index contributed by atoms with van der Waals surface area (Å²) in [5, 5.41) is 0. The monoisotopic (exact) mass is 344 g/mol. The van der Waals surface area contributed by atoms with E-state index < -0.39 is 0 Å². The van der Waals surface area contributed by atoms with E-state index >= 15 is 0 Å². The molecule has 1 amide bonds. The molecule has 24 heavy (non-hydrogen) atoms. The smallest absolute Gasteiger partial charge is 0.225 e. The summed E-state index contributed by atoms with van der Waals surface area (Å²) < 4.78 is 13.9. The van der Waals surface area contributed by atoms with Crippen molar-refractivity contribution in [3.8, 4) is 10.4 Å². The van der Waals surface area contributed by atoms with Crippen LogP contribution in [0.3, 0.4) is 0 Å². The maximum atomic E-state index is 13.9. The number of halogens is 1. The van der Waals surface area contributed by atoms with Crippen LogP contribution in [0.2, 0.25) is 0 Å². The van der Waals surface area contributed by atoms with Gasteiger partial charge in [0.15, 0.2) is 0 Å². The van der Waals surface area contributed by atoms with Gasteiger partial charge in [-0.2, -0.15) is 0 Å². The molecule has 0 unspecified atom stereocenters. The zero-order valence-corrected chi connectivity index (χ0v) is 14.4. The average molecular weight is 344 g/mol. The SMILES string of the molecule is O=C(C1CC1)N1CCN(Cc2ccc(-c3ccccc3F)s2)CC1. The first-order valence-corrected chi connectivity index (χ1v) is 9.37. The Bertz CT molecular complexity index is 732. The molecule has 5 heteroatoms. The molecule has 2 fully saturated rings. The van der Waals surface area contributed by atoms with Gasteiger partial charge in [-0.1, -0.05) is 18.2 Å². The van der Waals surface area contributed by atoms with E-state index in [4.69, 9.17) is 0 Å². The highest BCUT2D eigenvalue weighted by Crippen LogP contribution is 2.32. The highest BCUT2D eigenvalue weighted by molar-refractivity contribution is 7.15. The lowest BCUT2D eigenvalue weighted by Crippen LogP contribution is -2.48. The van der Waals surface area contributed by atoms with Gasteiger partial charge in [-0.3, -0.25) is 9.69 Å². The number of thiophene rings is 1. The van der Waals surface area contributed by atoms with Crippen molar-refractivity contribution < 1.29 is 9.18 Å². The second kappa shape index (κ2) is 6.65. The molecule has 0 atom stereocenters. The van der Waals surface area contributed by atoms with E-state index in [0.29, 0.717) is 17.4 Å². The minimum Gasteiger partial charge on any atom is -0.340 e. The Balaban J connectivity index is 1.35. The van der Waals surface area contributed by atoms with Crippen LogP contribution in [0.25, 0.3) is 10.4 Å². The van der Waals surface area contributed by atoms with Crippen molar-refractivity contribution in [2.24, 2.45) is 5.92 Å². The third kappa shape index (κ3) is 3.37. The third-order valence-electron chi connectivity index (χ3n) is 4.79. The summed E-state index contributed by atoms with van der Waals surface area (Å²) in [4.78, 5) is 18.7. The fourth-order valence-corrected chi connectivity index (χ4v) is 4.28. The van der Waals surface area contributed by atoms with Crippen LogP contribution in [-0.2, 0) is 11.3 Å². The molecule has 0 N–H and O–H groups in total. The molecule has 126 valence electrons. The molecule has 3 nitrogen and oxygen atoms in total. The van der Waals surface area contributed by atoms with Crippen molar-refractivity contribution in [3.05, 3.63) is 47.1 Å². The second-order valence-corrected chi connectivity index (χ2v) is 7.79. The third-order valence-corrected chi connectivity index (χ3v) is 5.89. The topological polar surface area (TPSA) is 23.6 Å². The zero-order chi connectivity index (χ0) is 16.5. The number of piperazine rings is 1. The number of hydrogen-bond acceptors (Lipinski definition) is 3. The Morgan fingerprint density at radius 2 is 1.83 bits per heavy atom. The molecule has 2 aromatic rings. The first-order chi connectivity index (χ1) is 11.7. The fraction of sp³-hybridized carbons (Fsp3) is 0.421. The number of carbonyl (C=O) groups is 1. The van der Waals surface area contributed by atoms with Gasteiger partial charge in [0.05, 0.1) is 0 Å². The van der Waals surface area contributed by atoms with Gasteiger partial charge < -0.3 is 4.90 Å². The van der Waals surface area contributed by atoms with Crippen LogP contribution in [-0.4, -0.2) is 41.9 Å². The van der Waals surface area contributed by atoms with Crippen molar-refractivity contribution in [2.45, 2.75) is 19.4 Å². The van der Waals surface area contributed by atoms with Crippen molar-refractivity contribution in [1.82, 2.24) is 9.80 Å². The second-order valence-electron chi connectivity index (χ2n) is 6.62. The Morgan fingerprint density at radius 1 is 1.08 bits per heavy atom. The van der Waals surface area contributed by atoms with Gasteiger partial charge in [0.1, 0.15) is 5.82 Å². The molecule has 4 rings (SSSR count). The summed E-state index contributed by atoms with van der Waals surface area (Å²) in [5.74, 6) is 0.503. The minimum absolute atomic E-state index is 0.168. The molecule has 1 saturated heterocycles. The first-order valence-electron chi connectivity index (χ1n) is 8.55. The minimum atomic E-state index is -0.168. The van der Waals surface area contributed by atoms with Crippen LogP contribution in [0.4, 0.5) is 4.39 Å². The van der Waals surface area contributed by atoms with Gasteiger partial charge >= 0.3 is 0 Å². The van der Waals surface area contributed by atoms with Crippen LogP contribution in [0.1, 0.15) is 17.7 Å². The Kier molecular flexibility index (Phi) is 4.37. The molecule has 2 heterocycles. The van der Waals surface area contributed by atoms with Gasteiger partial charge in [-0.05, 0) is 31.0 Å². The molecular weight excluding hydrogens is 323 g/mol. The molecule has 0 spiro atoms. The molecular formula is C19H21FN2OS. The van der Waals surface area contributed by atoms with E-state index in [2.05, 4.69) is 11.0 Å². The molecule has 1 aromatic carbocycles. The van der Waals surface area contributed by atoms with E-state index in [-0.39, 0.29) is 5.82 Å². The van der Waals surface area contributed by atoms with E-state index in [0.717, 1.165) is 50.4 Å². The lowest BCUT2D eigenvalue weighted by atomic mass is 10.2. The largest absolute Gasteiger partial charge is 0.340 e. The van der Waals surface area contributed by atoms with Gasteiger partial charge in [0.25, 0.3) is 0 Å². The average Bonchev–Trinajstić information content (AvgIpc) is 3.35. The predicted octanol–water partition coefficient (Wildman–Crippen LogP) is 3.61. The standard InChI is InChI=1S/C19H21FN2OS/c20-17-4-2-1-3-16(17)18-8-7-15(24-18)13-21-9-11-22(12-10-21)19(23)14-5-6-14/h1-4,7-8,14H,5-6,9-13H2. The number of benzene rings is 1. The van der Waals surface area contributed by atoms with E-state index in [1.807, 2.05) is 23.1 Å². The van der Waals surface area contributed by atoms with Gasteiger partial charge in [-0.15, -0.1) is 11.3 Å². The normalized spacial score (nSPS) is 18.8. The molecule has 1 saturated carbocycles. The highest BCUT2D eigenvalue weighted by Gasteiger charge is 2.34. The molecule has 0 radical (unpaired) electrons. The van der Waals surface area contributed by atoms with Crippen LogP contribution in [0.15, 0.2) is 36.4 Å². The van der Waals surface area contributed by atoms with Crippen molar-refractivity contribution in [2.75, 3.05) is 26.2 Å². The molecule has 0 bridgehead atoms. The lowest BCUT2D eigenvalue weighted by Gasteiger charge is -2.34. The number of rotatable bonds is 4. The Labute approximate surface area is 145 Å². The number of amides is 1. The number of carbonyl (C=O) groups excluding carboxylic acids is 1.